The Morgan fingerprint density at radius 3 is 2.76 bits per heavy atom. The molecule has 34 heavy (non-hydrogen) atoms. The van der Waals surface area contributed by atoms with Crippen molar-refractivity contribution in [1.29, 1.82) is 0 Å². The summed E-state index contributed by atoms with van der Waals surface area (Å²) in [6.07, 6.45) is 6.74. The monoisotopic (exact) mass is 463 g/mol. The standard InChI is InChI=1S/C26H33N5O3/c1-5-6-9-20-23(24(32)31-14-8-7-10-22(31)29-20)18-11-12-21(27-16-18)28-19-13-15-30(17-19)25(33)34-26(2,3)4/h7-8,10-12,14,16,19H,5-6,9,13,15,17H2,1-4H3,(H,27,28)/t19-/m1/s1. The predicted octanol–water partition coefficient (Wildman–Crippen LogP) is 4.52. The molecule has 1 fully saturated rings. The van der Waals surface area contributed by atoms with Crippen LogP contribution in [0.25, 0.3) is 16.8 Å². The van der Waals surface area contributed by atoms with E-state index in [1.807, 2.05) is 51.1 Å². The van der Waals surface area contributed by atoms with Gasteiger partial charge in [-0.25, -0.2) is 14.8 Å². The number of hydrogen-bond donors (Lipinski definition) is 1. The van der Waals surface area contributed by atoms with Gasteiger partial charge in [0.2, 0.25) is 0 Å². The van der Waals surface area contributed by atoms with E-state index in [0.717, 1.165) is 36.9 Å². The van der Waals surface area contributed by atoms with Crippen molar-refractivity contribution >= 4 is 17.6 Å². The van der Waals surface area contributed by atoms with Gasteiger partial charge in [-0.3, -0.25) is 9.20 Å². The zero-order valence-electron chi connectivity index (χ0n) is 20.4. The third-order valence-corrected chi connectivity index (χ3v) is 5.82. The number of nitrogens with one attached hydrogen (secondary N) is 1. The Balaban J connectivity index is 1.51. The first kappa shape index (κ1) is 23.7. The van der Waals surface area contributed by atoms with Gasteiger partial charge in [0.15, 0.2) is 0 Å². The second-order valence-electron chi connectivity index (χ2n) is 9.76. The van der Waals surface area contributed by atoms with Crippen LogP contribution >= 0.6 is 0 Å². The molecule has 8 nitrogen and oxygen atoms in total. The lowest BCUT2D eigenvalue weighted by molar-refractivity contribution is 0.0293. The Morgan fingerprint density at radius 1 is 1.24 bits per heavy atom. The number of ether oxygens (including phenoxy) is 1. The van der Waals surface area contributed by atoms with Crippen molar-refractivity contribution in [1.82, 2.24) is 19.3 Å². The molecule has 1 aliphatic rings. The number of hydrogen-bond acceptors (Lipinski definition) is 6. The molecule has 0 spiro atoms. The zero-order valence-corrected chi connectivity index (χ0v) is 20.4. The number of carbonyl (C=O) groups excluding carboxylic acids is 1. The number of nitrogens with zero attached hydrogens (tertiary/aromatic N) is 4. The fraction of sp³-hybridized carbons (Fsp3) is 0.462. The first-order chi connectivity index (χ1) is 16.2. The van der Waals surface area contributed by atoms with Crippen LogP contribution in [0.1, 0.15) is 52.7 Å². The van der Waals surface area contributed by atoms with Crippen LogP contribution in [-0.2, 0) is 11.2 Å². The Labute approximate surface area is 200 Å². The highest BCUT2D eigenvalue weighted by atomic mass is 16.6. The van der Waals surface area contributed by atoms with Gasteiger partial charge in [-0.1, -0.05) is 19.4 Å². The molecular formula is C26H33N5O3. The van der Waals surface area contributed by atoms with Gasteiger partial charge < -0.3 is 15.0 Å². The summed E-state index contributed by atoms with van der Waals surface area (Å²) in [4.78, 5) is 36.7. The van der Waals surface area contributed by atoms with Crippen molar-refractivity contribution in [3.05, 3.63) is 58.8 Å². The average molecular weight is 464 g/mol. The van der Waals surface area contributed by atoms with E-state index in [2.05, 4.69) is 17.2 Å². The van der Waals surface area contributed by atoms with Crippen LogP contribution in [0, 0.1) is 0 Å². The SMILES string of the molecule is CCCCc1nc2ccccn2c(=O)c1-c1ccc(N[C@@H]2CCN(C(=O)OC(C)(C)C)C2)nc1. The van der Waals surface area contributed by atoms with Crippen LogP contribution < -0.4 is 10.9 Å². The average Bonchev–Trinajstić information content (AvgIpc) is 3.26. The fourth-order valence-electron chi connectivity index (χ4n) is 4.16. The second-order valence-corrected chi connectivity index (χ2v) is 9.76. The lowest BCUT2D eigenvalue weighted by Gasteiger charge is -2.24. The van der Waals surface area contributed by atoms with Gasteiger partial charge in [0, 0.05) is 37.1 Å². The first-order valence-corrected chi connectivity index (χ1v) is 12.0. The number of carbonyl (C=O) groups is 1. The van der Waals surface area contributed by atoms with Crippen LogP contribution in [0.2, 0.25) is 0 Å². The summed E-state index contributed by atoms with van der Waals surface area (Å²) < 4.78 is 7.06. The lowest BCUT2D eigenvalue weighted by atomic mass is 10.0. The third-order valence-electron chi connectivity index (χ3n) is 5.82. The molecule has 0 radical (unpaired) electrons. The predicted molar refractivity (Wildman–Crippen MR) is 133 cm³/mol. The Morgan fingerprint density at radius 2 is 2.06 bits per heavy atom. The van der Waals surface area contributed by atoms with Gasteiger partial charge in [0.25, 0.3) is 5.56 Å². The molecule has 3 aromatic heterocycles. The van der Waals surface area contributed by atoms with E-state index >= 15 is 0 Å². The quantitative estimate of drug-likeness (QED) is 0.578. The summed E-state index contributed by atoms with van der Waals surface area (Å²) in [5.74, 6) is 0.712. The number of aromatic nitrogens is 3. The van der Waals surface area contributed by atoms with E-state index in [1.165, 1.54) is 0 Å². The Bertz CT molecular complexity index is 1210. The van der Waals surface area contributed by atoms with Gasteiger partial charge >= 0.3 is 6.09 Å². The van der Waals surface area contributed by atoms with Gasteiger partial charge in [-0.15, -0.1) is 0 Å². The molecule has 8 heteroatoms. The van der Waals surface area contributed by atoms with E-state index < -0.39 is 5.60 Å². The molecule has 0 aromatic carbocycles. The highest BCUT2D eigenvalue weighted by Crippen LogP contribution is 2.23. The minimum Gasteiger partial charge on any atom is -0.444 e. The number of aryl methyl sites for hydroxylation is 1. The summed E-state index contributed by atoms with van der Waals surface area (Å²) in [6.45, 7) is 8.94. The molecule has 0 aliphatic carbocycles. The molecule has 1 amide bonds. The van der Waals surface area contributed by atoms with Crippen LogP contribution in [-0.4, -0.2) is 50.1 Å². The van der Waals surface area contributed by atoms with E-state index in [4.69, 9.17) is 9.72 Å². The molecule has 0 saturated carbocycles. The normalized spacial score (nSPS) is 16.1. The van der Waals surface area contributed by atoms with Crippen LogP contribution in [0.15, 0.2) is 47.5 Å². The maximum atomic E-state index is 13.3. The van der Waals surface area contributed by atoms with E-state index in [-0.39, 0.29) is 17.7 Å². The fourth-order valence-corrected chi connectivity index (χ4v) is 4.16. The number of pyridine rings is 2. The summed E-state index contributed by atoms with van der Waals surface area (Å²) in [5, 5.41) is 3.40. The number of unbranched alkanes of at least 4 members (excludes halogenated alkanes) is 1. The van der Waals surface area contributed by atoms with E-state index in [9.17, 15) is 9.59 Å². The number of fused-ring (bicyclic) bond motifs is 1. The summed E-state index contributed by atoms with van der Waals surface area (Å²) in [5.41, 5.74) is 2.24. The molecular weight excluding hydrogens is 430 g/mol. The van der Waals surface area contributed by atoms with Crippen molar-refractivity contribution in [3.63, 3.8) is 0 Å². The van der Waals surface area contributed by atoms with Crippen molar-refractivity contribution in [2.45, 2.75) is 65.0 Å². The molecule has 0 unspecified atom stereocenters. The molecule has 1 atom stereocenters. The third kappa shape index (κ3) is 5.38. The topological polar surface area (TPSA) is 88.8 Å². The van der Waals surface area contributed by atoms with Crippen molar-refractivity contribution in [2.24, 2.45) is 0 Å². The molecule has 1 N–H and O–H groups in total. The molecule has 1 aliphatic heterocycles. The Kier molecular flexibility index (Phi) is 6.86. The van der Waals surface area contributed by atoms with Gasteiger partial charge in [-0.2, -0.15) is 0 Å². The molecule has 1 saturated heterocycles. The van der Waals surface area contributed by atoms with Crippen LogP contribution in [0.3, 0.4) is 0 Å². The van der Waals surface area contributed by atoms with Crippen LogP contribution in [0.4, 0.5) is 10.6 Å². The van der Waals surface area contributed by atoms with Gasteiger partial charge in [-0.05, 0) is 64.3 Å². The van der Waals surface area contributed by atoms with Crippen molar-refractivity contribution in [2.75, 3.05) is 18.4 Å². The molecule has 0 bridgehead atoms. The summed E-state index contributed by atoms with van der Waals surface area (Å²) >= 11 is 0. The van der Waals surface area contributed by atoms with Gasteiger partial charge in [0.05, 0.1) is 11.3 Å². The summed E-state index contributed by atoms with van der Waals surface area (Å²) in [7, 11) is 0. The van der Waals surface area contributed by atoms with Crippen molar-refractivity contribution in [3.8, 4) is 11.1 Å². The first-order valence-electron chi connectivity index (χ1n) is 12.0. The molecule has 180 valence electrons. The zero-order chi connectivity index (χ0) is 24.3. The van der Waals surface area contributed by atoms with Crippen molar-refractivity contribution < 1.29 is 9.53 Å². The molecule has 3 aromatic rings. The largest absolute Gasteiger partial charge is 0.444 e. The van der Waals surface area contributed by atoms with E-state index in [0.29, 0.717) is 30.1 Å². The maximum absolute atomic E-state index is 13.3. The second kappa shape index (κ2) is 9.83. The molecule has 4 rings (SSSR count). The summed E-state index contributed by atoms with van der Waals surface area (Å²) in [6, 6.07) is 9.47. The number of rotatable bonds is 6. The minimum absolute atomic E-state index is 0.0805. The van der Waals surface area contributed by atoms with Gasteiger partial charge in [0.1, 0.15) is 17.1 Å². The highest BCUT2D eigenvalue weighted by Gasteiger charge is 2.30. The lowest BCUT2D eigenvalue weighted by Crippen LogP contribution is -2.36. The number of likely N-dealkylation sites (tertiary alicyclic amines) is 1. The smallest absolute Gasteiger partial charge is 0.410 e. The number of amides is 1. The highest BCUT2D eigenvalue weighted by molar-refractivity contribution is 5.69. The number of anilines is 1. The maximum Gasteiger partial charge on any atom is 0.410 e. The van der Waals surface area contributed by atoms with E-state index in [1.54, 1.807) is 21.7 Å². The van der Waals surface area contributed by atoms with Crippen LogP contribution in [0.5, 0.6) is 0 Å². The molecule has 4 heterocycles. The minimum atomic E-state index is -0.508. The Hall–Kier alpha value is -3.42.